The van der Waals surface area contributed by atoms with Gasteiger partial charge in [-0.2, -0.15) is 0 Å². The number of fused-ring (bicyclic) bond motifs is 1. The Morgan fingerprint density at radius 2 is 1.93 bits per heavy atom. The maximum Gasteiger partial charge on any atom is 0.253 e. The summed E-state index contributed by atoms with van der Waals surface area (Å²) in [5, 5.41) is 3.64. The highest BCUT2D eigenvalue weighted by Gasteiger charge is 2.24. The molecule has 0 spiro atoms. The van der Waals surface area contributed by atoms with Crippen LogP contribution in [0.15, 0.2) is 42.9 Å². The third-order valence-electron chi connectivity index (χ3n) is 6.29. The second kappa shape index (κ2) is 8.46. The number of carbonyl (C=O) groups is 1. The summed E-state index contributed by atoms with van der Waals surface area (Å²) in [6.45, 7) is 4.65. The van der Waals surface area contributed by atoms with Gasteiger partial charge in [0, 0.05) is 43.7 Å². The molecule has 1 aliphatic carbocycles. The summed E-state index contributed by atoms with van der Waals surface area (Å²) in [4.78, 5) is 23.2. The molecule has 3 aromatic rings. The highest BCUT2D eigenvalue weighted by Crippen LogP contribution is 2.32. The first kappa shape index (κ1) is 20.4. The van der Waals surface area contributed by atoms with Crippen molar-refractivity contribution in [2.75, 3.05) is 19.4 Å². The molecular weight excluding hydrogens is 374 g/mol. The highest BCUT2D eigenvalue weighted by atomic mass is 16.2. The molecule has 1 aliphatic rings. The van der Waals surface area contributed by atoms with Crippen LogP contribution >= 0.6 is 0 Å². The second-order valence-corrected chi connectivity index (χ2v) is 8.89. The summed E-state index contributed by atoms with van der Waals surface area (Å²) in [6, 6.07) is 8.12. The first-order chi connectivity index (χ1) is 14.4. The normalized spacial score (nSPS) is 19.2. The van der Waals surface area contributed by atoms with Crippen molar-refractivity contribution in [3.63, 3.8) is 0 Å². The smallest absolute Gasteiger partial charge is 0.253 e. The van der Waals surface area contributed by atoms with E-state index < -0.39 is 0 Å². The molecule has 1 N–H and O–H groups in total. The van der Waals surface area contributed by atoms with Crippen LogP contribution in [-0.2, 0) is 0 Å². The molecule has 0 radical (unpaired) electrons. The van der Waals surface area contributed by atoms with E-state index in [0.29, 0.717) is 11.6 Å². The summed E-state index contributed by atoms with van der Waals surface area (Å²) < 4.78 is 2.05. The molecule has 0 saturated heterocycles. The summed E-state index contributed by atoms with van der Waals surface area (Å²) in [6.07, 6.45) is 10.5. The van der Waals surface area contributed by atoms with Crippen LogP contribution in [0.5, 0.6) is 0 Å². The van der Waals surface area contributed by atoms with Gasteiger partial charge >= 0.3 is 0 Å². The van der Waals surface area contributed by atoms with Gasteiger partial charge in [-0.15, -0.1) is 0 Å². The van der Waals surface area contributed by atoms with Crippen molar-refractivity contribution in [1.82, 2.24) is 19.3 Å². The summed E-state index contributed by atoms with van der Waals surface area (Å²) >= 11 is 0. The lowest BCUT2D eigenvalue weighted by Gasteiger charge is -2.31. The summed E-state index contributed by atoms with van der Waals surface area (Å²) in [5.41, 5.74) is 3.35. The molecule has 1 aromatic carbocycles. The molecule has 2 aromatic heterocycles. The molecule has 1 amide bonds. The van der Waals surface area contributed by atoms with Crippen LogP contribution < -0.4 is 5.32 Å². The molecule has 6 nitrogen and oxygen atoms in total. The van der Waals surface area contributed by atoms with Crippen molar-refractivity contribution < 1.29 is 4.79 Å². The molecule has 0 bridgehead atoms. The molecule has 0 unspecified atom stereocenters. The van der Waals surface area contributed by atoms with Gasteiger partial charge in [-0.1, -0.05) is 26.0 Å². The van der Waals surface area contributed by atoms with Crippen LogP contribution in [0.2, 0.25) is 0 Å². The van der Waals surface area contributed by atoms with E-state index in [1.807, 2.05) is 41.1 Å². The van der Waals surface area contributed by atoms with Gasteiger partial charge in [0.05, 0.1) is 11.9 Å². The number of amides is 1. The fourth-order valence-electron chi connectivity index (χ4n) is 4.43. The van der Waals surface area contributed by atoms with Crippen LogP contribution in [-0.4, -0.2) is 45.3 Å². The minimum absolute atomic E-state index is 0.0121. The SMILES string of the molecule is CC(C)C1CCC(Nc2ncc(-c3cccc(C(=O)N(C)C)c3)n3ccnc23)CC1. The maximum absolute atomic E-state index is 12.4. The highest BCUT2D eigenvalue weighted by molar-refractivity contribution is 5.95. The van der Waals surface area contributed by atoms with Crippen LogP contribution in [0.25, 0.3) is 16.9 Å². The molecule has 2 heterocycles. The van der Waals surface area contributed by atoms with Gasteiger partial charge in [0.15, 0.2) is 11.5 Å². The number of carbonyl (C=O) groups excluding carboxylic acids is 1. The molecule has 30 heavy (non-hydrogen) atoms. The molecular formula is C24H31N5O. The first-order valence-corrected chi connectivity index (χ1v) is 10.8. The fraction of sp³-hybridized carbons (Fsp3) is 0.458. The molecule has 1 fully saturated rings. The Balaban J connectivity index is 1.59. The average Bonchev–Trinajstić information content (AvgIpc) is 3.24. The largest absolute Gasteiger partial charge is 0.364 e. The minimum atomic E-state index is -0.0121. The first-order valence-electron chi connectivity index (χ1n) is 10.8. The van der Waals surface area contributed by atoms with E-state index >= 15 is 0 Å². The Morgan fingerprint density at radius 1 is 1.17 bits per heavy atom. The number of aromatic nitrogens is 3. The Kier molecular flexibility index (Phi) is 5.75. The van der Waals surface area contributed by atoms with Crippen molar-refractivity contribution in [2.24, 2.45) is 11.8 Å². The van der Waals surface area contributed by atoms with E-state index in [2.05, 4.69) is 24.1 Å². The molecule has 6 heteroatoms. The topological polar surface area (TPSA) is 62.5 Å². The zero-order valence-corrected chi connectivity index (χ0v) is 18.3. The fourth-order valence-corrected chi connectivity index (χ4v) is 4.43. The van der Waals surface area contributed by atoms with Gasteiger partial charge in [0.2, 0.25) is 0 Å². The number of benzene rings is 1. The average molecular weight is 406 g/mol. The number of nitrogens with zero attached hydrogens (tertiary/aromatic N) is 4. The van der Waals surface area contributed by atoms with Crippen molar-refractivity contribution in [3.8, 4) is 11.3 Å². The Morgan fingerprint density at radius 3 is 2.63 bits per heavy atom. The Hall–Kier alpha value is -2.89. The predicted octanol–water partition coefficient (Wildman–Crippen LogP) is 4.72. The zero-order chi connectivity index (χ0) is 21.3. The summed E-state index contributed by atoms with van der Waals surface area (Å²) in [5.74, 6) is 2.42. The molecule has 0 aliphatic heterocycles. The second-order valence-electron chi connectivity index (χ2n) is 8.89. The number of nitrogens with one attached hydrogen (secondary N) is 1. The van der Waals surface area contributed by atoms with Gasteiger partial charge in [-0.05, 0) is 49.7 Å². The van der Waals surface area contributed by atoms with E-state index in [9.17, 15) is 4.79 Å². The summed E-state index contributed by atoms with van der Waals surface area (Å²) in [7, 11) is 3.53. The van der Waals surface area contributed by atoms with E-state index in [4.69, 9.17) is 4.98 Å². The van der Waals surface area contributed by atoms with Gasteiger partial charge in [-0.25, -0.2) is 9.97 Å². The third-order valence-corrected chi connectivity index (χ3v) is 6.29. The van der Waals surface area contributed by atoms with Crippen LogP contribution in [0.4, 0.5) is 5.82 Å². The molecule has 0 atom stereocenters. The van der Waals surface area contributed by atoms with E-state index in [0.717, 1.165) is 34.6 Å². The Bertz CT molecular complexity index is 1030. The zero-order valence-electron chi connectivity index (χ0n) is 18.3. The van der Waals surface area contributed by atoms with Gasteiger partial charge in [0.1, 0.15) is 0 Å². The van der Waals surface area contributed by atoms with Crippen LogP contribution in [0.3, 0.4) is 0 Å². The Labute approximate surface area is 178 Å². The van der Waals surface area contributed by atoms with Crippen molar-refractivity contribution in [2.45, 2.75) is 45.6 Å². The van der Waals surface area contributed by atoms with Crippen molar-refractivity contribution in [3.05, 3.63) is 48.4 Å². The number of hydrogen-bond acceptors (Lipinski definition) is 4. The minimum Gasteiger partial charge on any atom is -0.364 e. The lowest BCUT2D eigenvalue weighted by molar-refractivity contribution is 0.0827. The van der Waals surface area contributed by atoms with Crippen molar-refractivity contribution >= 4 is 17.4 Å². The predicted molar refractivity (Wildman–Crippen MR) is 121 cm³/mol. The van der Waals surface area contributed by atoms with Gasteiger partial charge < -0.3 is 10.2 Å². The number of hydrogen-bond donors (Lipinski definition) is 1. The van der Waals surface area contributed by atoms with Crippen LogP contribution in [0, 0.1) is 11.8 Å². The van der Waals surface area contributed by atoms with Crippen molar-refractivity contribution in [1.29, 1.82) is 0 Å². The number of imidazole rings is 1. The molecule has 1 saturated carbocycles. The third kappa shape index (κ3) is 4.04. The maximum atomic E-state index is 12.4. The standard InChI is InChI=1S/C24H31N5O/c1-16(2)17-8-10-20(11-9-17)27-22-23-25-12-13-29(23)21(15-26-22)18-6-5-7-19(14-18)24(30)28(3)4/h5-7,12-17,20H,8-11H2,1-4H3,(H,26,27). The lowest BCUT2D eigenvalue weighted by Crippen LogP contribution is -2.28. The number of rotatable bonds is 5. The quantitative estimate of drug-likeness (QED) is 0.667. The molecule has 4 rings (SSSR count). The monoisotopic (exact) mass is 405 g/mol. The van der Waals surface area contributed by atoms with Gasteiger partial charge in [-0.3, -0.25) is 9.20 Å². The van der Waals surface area contributed by atoms with E-state index in [1.54, 1.807) is 25.2 Å². The van der Waals surface area contributed by atoms with Crippen LogP contribution in [0.1, 0.15) is 49.9 Å². The van der Waals surface area contributed by atoms with E-state index in [1.165, 1.54) is 25.7 Å². The number of anilines is 1. The molecule has 158 valence electrons. The van der Waals surface area contributed by atoms with Gasteiger partial charge in [0.25, 0.3) is 5.91 Å². The van der Waals surface area contributed by atoms with E-state index in [-0.39, 0.29) is 5.91 Å². The lowest BCUT2D eigenvalue weighted by atomic mass is 9.80.